The quantitative estimate of drug-likeness (QED) is 0.179. The van der Waals surface area contributed by atoms with Crippen molar-refractivity contribution in [3.05, 3.63) is 49.1 Å². The average molecular weight is 641 g/mol. The van der Waals surface area contributed by atoms with E-state index in [1.165, 1.54) is 17.1 Å². The summed E-state index contributed by atoms with van der Waals surface area (Å²) in [5, 5.41) is 12.0. The Bertz CT molecular complexity index is 1620. The lowest BCUT2D eigenvalue weighted by Crippen LogP contribution is -2.25. The van der Waals surface area contributed by atoms with Gasteiger partial charge < -0.3 is 9.73 Å². The number of carbonyl (C=O) groups is 1. The molecule has 1 aliphatic carbocycles. The number of rotatable bonds is 10. The number of amides is 1. The van der Waals surface area contributed by atoms with Crippen molar-refractivity contribution in [1.29, 1.82) is 0 Å². The molecule has 4 aromatic heterocycles. The van der Waals surface area contributed by atoms with Gasteiger partial charge in [0.2, 0.25) is 5.89 Å². The second kappa shape index (κ2) is 13.0. The molecule has 0 spiro atoms. The van der Waals surface area contributed by atoms with E-state index in [2.05, 4.69) is 32.3 Å². The highest BCUT2D eigenvalue weighted by Crippen LogP contribution is 2.55. The number of nitrogens with one attached hydrogen (secondary N) is 1. The molecule has 0 radical (unpaired) electrons. The summed E-state index contributed by atoms with van der Waals surface area (Å²) in [6.45, 7) is 12.6. The predicted octanol–water partition coefficient (Wildman–Crippen LogP) is 6.91. The first-order valence-corrected chi connectivity index (χ1v) is 16.4. The van der Waals surface area contributed by atoms with Gasteiger partial charge in [-0.2, -0.15) is 10.2 Å². The SMILES string of the molecule is CC1CCC(n2cc(NC(=O)c3coc(-c4cnn(COP(=O)(OC(C)(C)C)OC(C)(C)C)c4)n3)c(-c3cnccn3)n2)CC1. The van der Waals surface area contributed by atoms with Crippen LogP contribution in [-0.4, -0.2) is 51.6 Å². The molecule has 0 saturated heterocycles. The number of hydrogen-bond donors (Lipinski definition) is 1. The van der Waals surface area contributed by atoms with Gasteiger partial charge in [-0.15, -0.1) is 0 Å². The molecule has 0 bridgehead atoms. The molecule has 0 aromatic carbocycles. The molecule has 4 aromatic rings. The zero-order valence-corrected chi connectivity index (χ0v) is 27.7. The van der Waals surface area contributed by atoms with E-state index in [0.717, 1.165) is 25.7 Å². The normalized spacial score (nSPS) is 17.8. The zero-order valence-electron chi connectivity index (χ0n) is 26.8. The van der Waals surface area contributed by atoms with Crippen molar-refractivity contribution in [3.8, 4) is 22.8 Å². The first-order valence-electron chi connectivity index (χ1n) is 15.0. The molecule has 1 saturated carbocycles. The molecule has 0 unspecified atom stereocenters. The molecular formula is C30H41N8O6P. The van der Waals surface area contributed by atoms with Crippen LogP contribution in [0.3, 0.4) is 0 Å². The van der Waals surface area contributed by atoms with Crippen molar-refractivity contribution in [2.24, 2.45) is 5.92 Å². The molecule has 0 atom stereocenters. The van der Waals surface area contributed by atoms with Crippen LogP contribution < -0.4 is 5.32 Å². The minimum atomic E-state index is -3.94. The third-order valence-electron chi connectivity index (χ3n) is 6.88. The Morgan fingerprint density at radius 2 is 1.76 bits per heavy atom. The van der Waals surface area contributed by atoms with Crippen molar-refractivity contribution in [3.63, 3.8) is 0 Å². The van der Waals surface area contributed by atoms with Crippen LogP contribution in [0.15, 0.2) is 47.9 Å². The topological polar surface area (TPSA) is 161 Å². The minimum Gasteiger partial charge on any atom is -0.444 e. The highest BCUT2D eigenvalue weighted by atomic mass is 31.2. The lowest BCUT2D eigenvalue weighted by atomic mass is 9.87. The fourth-order valence-electron chi connectivity index (χ4n) is 4.90. The molecule has 242 valence electrons. The second-order valence-electron chi connectivity index (χ2n) is 13.2. The summed E-state index contributed by atoms with van der Waals surface area (Å²) in [7, 11) is -3.94. The summed E-state index contributed by atoms with van der Waals surface area (Å²) < 4.78 is 39.2. The van der Waals surface area contributed by atoms with E-state index in [1.807, 2.05) is 10.9 Å². The van der Waals surface area contributed by atoms with E-state index in [4.69, 9.17) is 23.1 Å². The Labute approximate surface area is 262 Å². The van der Waals surface area contributed by atoms with E-state index < -0.39 is 24.9 Å². The van der Waals surface area contributed by atoms with Gasteiger partial charge in [-0.25, -0.2) is 14.2 Å². The third-order valence-corrected chi connectivity index (χ3v) is 8.86. The number of oxazole rings is 1. The number of nitrogens with zero attached hydrogens (tertiary/aromatic N) is 7. The number of anilines is 1. The summed E-state index contributed by atoms with van der Waals surface area (Å²) in [5.74, 6) is 0.401. The fourth-order valence-corrected chi connectivity index (χ4v) is 6.65. The summed E-state index contributed by atoms with van der Waals surface area (Å²) in [6, 6.07) is 0.246. The van der Waals surface area contributed by atoms with E-state index in [-0.39, 0.29) is 24.4 Å². The summed E-state index contributed by atoms with van der Waals surface area (Å²) in [5.41, 5.74) is 0.606. The number of carbonyl (C=O) groups excluding carboxylic acids is 1. The molecular weight excluding hydrogens is 599 g/mol. The molecule has 1 fully saturated rings. The van der Waals surface area contributed by atoms with E-state index in [9.17, 15) is 9.36 Å². The first kappa shape index (κ1) is 32.7. The molecule has 1 amide bonds. The molecule has 14 nitrogen and oxygen atoms in total. The van der Waals surface area contributed by atoms with Crippen LogP contribution in [-0.2, 0) is 24.9 Å². The van der Waals surface area contributed by atoms with Crippen molar-refractivity contribution < 1.29 is 27.3 Å². The smallest absolute Gasteiger partial charge is 0.444 e. The molecule has 0 aliphatic heterocycles. The van der Waals surface area contributed by atoms with Crippen molar-refractivity contribution >= 4 is 19.4 Å². The van der Waals surface area contributed by atoms with Gasteiger partial charge in [0.1, 0.15) is 17.7 Å². The van der Waals surface area contributed by atoms with Crippen LogP contribution in [0.5, 0.6) is 0 Å². The van der Waals surface area contributed by atoms with E-state index >= 15 is 0 Å². The van der Waals surface area contributed by atoms with Crippen LogP contribution in [0.1, 0.15) is 90.7 Å². The Balaban J connectivity index is 1.29. The Hall–Kier alpha value is -3.71. The highest BCUT2D eigenvalue weighted by Gasteiger charge is 2.37. The monoisotopic (exact) mass is 640 g/mol. The maximum atomic E-state index is 13.3. The number of hydrogen-bond acceptors (Lipinski definition) is 11. The van der Waals surface area contributed by atoms with E-state index in [0.29, 0.717) is 28.6 Å². The number of phosphoric ester groups is 1. The van der Waals surface area contributed by atoms with Gasteiger partial charge >= 0.3 is 7.82 Å². The molecule has 5 rings (SSSR count). The lowest BCUT2D eigenvalue weighted by Gasteiger charge is -2.30. The Morgan fingerprint density at radius 1 is 1.04 bits per heavy atom. The standard InChI is InChI=1S/C30H41N8O6P/c1-20-8-10-22(11-9-20)38-17-24(26(36-38)23-15-31-12-13-32-23)34-27(39)25-18-41-28(35-25)21-14-33-37(16-21)19-42-45(40,43-29(2,3)4)44-30(5,6)7/h12-18,20,22H,8-11,19H2,1-7H3,(H,34,39). The molecule has 4 heterocycles. The van der Waals surface area contributed by atoms with Crippen molar-refractivity contribution in [2.75, 3.05) is 5.32 Å². The number of phosphoric acid groups is 1. The molecule has 1 aliphatic rings. The van der Waals surface area contributed by atoms with Crippen LogP contribution in [0.2, 0.25) is 0 Å². The third kappa shape index (κ3) is 8.72. The van der Waals surface area contributed by atoms with Crippen LogP contribution in [0.4, 0.5) is 5.69 Å². The Morgan fingerprint density at radius 3 is 2.40 bits per heavy atom. The van der Waals surface area contributed by atoms with Gasteiger partial charge in [0, 0.05) is 24.8 Å². The van der Waals surface area contributed by atoms with Gasteiger partial charge in [-0.1, -0.05) is 6.92 Å². The maximum Gasteiger partial charge on any atom is 0.477 e. The van der Waals surface area contributed by atoms with Crippen LogP contribution in [0.25, 0.3) is 22.8 Å². The van der Waals surface area contributed by atoms with Crippen molar-refractivity contribution in [2.45, 2.75) is 98.1 Å². The van der Waals surface area contributed by atoms with Gasteiger partial charge in [-0.3, -0.25) is 33.0 Å². The van der Waals surface area contributed by atoms with Crippen LogP contribution >= 0.6 is 7.82 Å². The highest BCUT2D eigenvalue weighted by molar-refractivity contribution is 7.48. The number of aromatic nitrogens is 7. The van der Waals surface area contributed by atoms with Gasteiger partial charge in [0.25, 0.3) is 5.91 Å². The van der Waals surface area contributed by atoms with Crippen LogP contribution in [0, 0.1) is 5.92 Å². The molecule has 45 heavy (non-hydrogen) atoms. The summed E-state index contributed by atoms with van der Waals surface area (Å²) in [6.07, 6.45) is 15.3. The molecule has 1 N–H and O–H groups in total. The maximum absolute atomic E-state index is 13.3. The van der Waals surface area contributed by atoms with Gasteiger partial charge in [-0.05, 0) is 73.1 Å². The molecule has 15 heteroatoms. The lowest BCUT2D eigenvalue weighted by molar-refractivity contribution is -0.00758. The predicted molar refractivity (Wildman–Crippen MR) is 166 cm³/mol. The summed E-state index contributed by atoms with van der Waals surface area (Å²) in [4.78, 5) is 26.2. The second-order valence-corrected chi connectivity index (χ2v) is 14.8. The Kier molecular flexibility index (Phi) is 9.41. The van der Waals surface area contributed by atoms with Crippen molar-refractivity contribution in [1.82, 2.24) is 34.5 Å². The first-order chi connectivity index (χ1) is 21.2. The largest absolute Gasteiger partial charge is 0.477 e. The van der Waals surface area contributed by atoms with Gasteiger partial charge in [0.15, 0.2) is 12.4 Å². The average Bonchev–Trinajstić information content (AvgIpc) is 3.71. The fraction of sp³-hybridized carbons (Fsp3) is 0.533. The van der Waals surface area contributed by atoms with E-state index in [1.54, 1.807) is 66.3 Å². The zero-order chi connectivity index (χ0) is 32.4. The minimum absolute atomic E-state index is 0.0694. The van der Waals surface area contributed by atoms with Gasteiger partial charge in [0.05, 0.1) is 40.9 Å². The summed E-state index contributed by atoms with van der Waals surface area (Å²) >= 11 is 0.